The molecule has 0 spiro atoms. The molecule has 0 atom stereocenters. The average molecular weight is 545 g/mol. The van der Waals surface area contributed by atoms with Crippen molar-refractivity contribution in [2.75, 3.05) is 7.05 Å². The van der Waals surface area contributed by atoms with Gasteiger partial charge < -0.3 is 4.57 Å². The summed E-state index contributed by atoms with van der Waals surface area (Å²) in [5, 5.41) is 0. The first-order valence-corrected chi connectivity index (χ1v) is 13.9. The van der Waals surface area contributed by atoms with E-state index in [1.165, 1.54) is 11.4 Å². The zero-order valence-electron chi connectivity index (χ0n) is 22.6. The van der Waals surface area contributed by atoms with E-state index in [4.69, 9.17) is 0 Å². The summed E-state index contributed by atoms with van der Waals surface area (Å²) in [7, 11) is -2.13. The van der Waals surface area contributed by atoms with Gasteiger partial charge in [0.15, 0.2) is 0 Å². The Balaban J connectivity index is 1.38. The molecule has 0 fully saturated rings. The Morgan fingerprint density at radius 3 is 2.08 bits per heavy atom. The van der Waals surface area contributed by atoms with Gasteiger partial charge in [0.05, 0.1) is 10.5 Å². The molecule has 0 bridgehead atoms. The van der Waals surface area contributed by atoms with E-state index in [9.17, 15) is 18.0 Å². The number of hydrazine groups is 1. The molecule has 4 rings (SSSR count). The van der Waals surface area contributed by atoms with Crippen molar-refractivity contribution in [1.29, 1.82) is 0 Å². The van der Waals surface area contributed by atoms with Crippen molar-refractivity contribution in [3.05, 3.63) is 118 Å². The van der Waals surface area contributed by atoms with Crippen LogP contribution in [0.25, 0.3) is 5.69 Å². The highest BCUT2D eigenvalue weighted by molar-refractivity contribution is 7.89. The highest BCUT2D eigenvalue weighted by Gasteiger charge is 2.21. The lowest BCUT2D eigenvalue weighted by molar-refractivity contribution is 0.0846. The minimum Gasteiger partial charge on any atom is -0.318 e. The number of hydrogen-bond acceptors (Lipinski definition) is 4. The number of nitrogens with one attached hydrogen (secondary N) is 2. The van der Waals surface area contributed by atoms with Crippen LogP contribution in [-0.4, -0.2) is 36.2 Å². The second kappa shape index (κ2) is 11.3. The number of carbonyl (C=O) groups is 2. The number of benzene rings is 3. The lowest BCUT2D eigenvalue weighted by atomic mass is 10.1. The number of carbonyl (C=O) groups excluding carboxylic acids is 2. The molecule has 4 aromatic rings. The number of nitrogens with zero attached hydrogens (tertiary/aromatic N) is 2. The molecule has 0 aliphatic heterocycles. The monoisotopic (exact) mass is 544 g/mol. The molecule has 0 saturated heterocycles. The molecule has 0 radical (unpaired) electrons. The minimum absolute atomic E-state index is 0.144. The number of rotatable bonds is 7. The Bertz CT molecular complexity index is 1620. The third kappa shape index (κ3) is 6.10. The van der Waals surface area contributed by atoms with E-state index in [0.29, 0.717) is 11.1 Å². The van der Waals surface area contributed by atoms with Crippen LogP contribution in [0.15, 0.2) is 83.8 Å². The summed E-state index contributed by atoms with van der Waals surface area (Å²) >= 11 is 0. The van der Waals surface area contributed by atoms with Crippen LogP contribution in [-0.2, 0) is 16.6 Å². The minimum atomic E-state index is -3.65. The number of hydrogen-bond donors (Lipinski definition) is 2. The largest absolute Gasteiger partial charge is 0.318 e. The first-order chi connectivity index (χ1) is 18.5. The van der Waals surface area contributed by atoms with E-state index in [1.54, 1.807) is 54.6 Å². The predicted octanol–water partition coefficient (Wildman–Crippen LogP) is 4.61. The van der Waals surface area contributed by atoms with Crippen molar-refractivity contribution in [2.45, 2.75) is 39.1 Å². The highest BCUT2D eigenvalue weighted by Crippen LogP contribution is 2.22. The second-order valence-electron chi connectivity index (χ2n) is 9.64. The summed E-state index contributed by atoms with van der Waals surface area (Å²) < 4.78 is 29.0. The summed E-state index contributed by atoms with van der Waals surface area (Å²) in [5.41, 5.74) is 11.2. The lowest BCUT2D eigenvalue weighted by Gasteiger charge is -2.17. The Morgan fingerprint density at radius 2 is 1.44 bits per heavy atom. The summed E-state index contributed by atoms with van der Waals surface area (Å²) in [4.78, 5) is 25.8. The third-order valence-corrected chi connectivity index (χ3v) is 8.39. The van der Waals surface area contributed by atoms with E-state index >= 15 is 0 Å². The molecule has 0 unspecified atom stereocenters. The van der Waals surface area contributed by atoms with E-state index < -0.39 is 21.8 Å². The molecule has 8 nitrogen and oxygen atoms in total. The Labute approximate surface area is 229 Å². The van der Waals surface area contributed by atoms with Gasteiger partial charge in [0.2, 0.25) is 10.0 Å². The molecular formula is C30H32N4O4S. The van der Waals surface area contributed by atoms with Gasteiger partial charge in [0, 0.05) is 36.2 Å². The fourth-order valence-corrected chi connectivity index (χ4v) is 5.56. The van der Waals surface area contributed by atoms with Crippen molar-refractivity contribution < 1.29 is 18.0 Å². The Kier molecular flexibility index (Phi) is 8.03. The van der Waals surface area contributed by atoms with Crippen molar-refractivity contribution >= 4 is 21.8 Å². The van der Waals surface area contributed by atoms with E-state index in [0.717, 1.165) is 33.8 Å². The normalized spacial score (nSPS) is 11.4. The standard InChI is InChI=1S/C30H32N4O4S/c1-20-9-15-27(16-10-20)39(37,38)33(5)19-24-11-13-25(14-12-24)29(35)31-32-30(36)28-18-22(3)34(23(28)4)26-8-6-7-21(2)17-26/h6-18H,19H2,1-5H3,(H,31,35)(H,32,36). The van der Waals surface area contributed by atoms with Crippen LogP contribution < -0.4 is 10.9 Å². The molecule has 202 valence electrons. The maximum absolute atomic E-state index is 12.9. The van der Waals surface area contributed by atoms with E-state index in [2.05, 4.69) is 10.9 Å². The van der Waals surface area contributed by atoms with Gasteiger partial charge in [0.25, 0.3) is 11.8 Å². The van der Waals surface area contributed by atoms with Crippen LogP contribution >= 0.6 is 0 Å². The molecule has 0 aliphatic carbocycles. The second-order valence-corrected chi connectivity index (χ2v) is 11.7. The fourth-order valence-electron chi connectivity index (χ4n) is 4.40. The van der Waals surface area contributed by atoms with Gasteiger partial charge in [-0.05, 0) is 81.3 Å². The zero-order chi connectivity index (χ0) is 28.3. The van der Waals surface area contributed by atoms with E-state index in [1.807, 2.05) is 56.5 Å². The molecule has 1 heterocycles. The van der Waals surface area contributed by atoms with Crippen LogP contribution in [0, 0.1) is 27.7 Å². The number of aromatic nitrogens is 1. The maximum Gasteiger partial charge on any atom is 0.271 e. The molecule has 3 aromatic carbocycles. The van der Waals surface area contributed by atoms with Gasteiger partial charge >= 0.3 is 0 Å². The topological polar surface area (TPSA) is 101 Å². The zero-order valence-corrected chi connectivity index (χ0v) is 23.5. The summed E-state index contributed by atoms with van der Waals surface area (Å²) in [5.74, 6) is -0.905. The first kappa shape index (κ1) is 27.8. The van der Waals surface area contributed by atoms with Gasteiger partial charge in [-0.3, -0.25) is 20.4 Å². The van der Waals surface area contributed by atoms with Crippen LogP contribution in [0.3, 0.4) is 0 Å². The highest BCUT2D eigenvalue weighted by atomic mass is 32.2. The van der Waals surface area contributed by atoms with Gasteiger partial charge in [-0.15, -0.1) is 0 Å². The molecule has 39 heavy (non-hydrogen) atoms. The Morgan fingerprint density at radius 1 is 0.795 bits per heavy atom. The van der Waals surface area contributed by atoms with Crippen LogP contribution in [0.1, 0.15) is 48.8 Å². The maximum atomic E-state index is 12.9. The van der Waals surface area contributed by atoms with Crippen molar-refractivity contribution in [1.82, 2.24) is 19.7 Å². The molecule has 1 aromatic heterocycles. The van der Waals surface area contributed by atoms with Gasteiger partial charge in [-0.1, -0.05) is 42.0 Å². The third-order valence-electron chi connectivity index (χ3n) is 6.58. The lowest BCUT2D eigenvalue weighted by Crippen LogP contribution is -2.41. The molecular weight excluding hydrogens is 512 g/mol. The molecule has 2 amide bonds. The first-order valence-electron chi connectivity index (χ1n) is 12.5. The number of aryl methyl sites for hydroxylation is 3. The van der Waals surface area contributed by atoms with Gasteiger partial charge in [0.1, 0.15) is 0 Å². The SMILES string of the molecule is Cc1ccc(S(=O)(=O)N(C)Cc2ccc(C(=O)NNC(=O)c3cc(C)n(-c4cccc(C)c4)c3C)cc2)cc1. The molecule has 0 aliphatic rings. The van der Waals surface area contributed by atoms with Crippen molar-refractivity contribution in [3.63, 3.8) is 0 Å². The number of sulfonamides is 1. The molecule has 2 N–H and O–H groups in total. The summed E-state index contributed by atoms with van der Waals surface area (Å²) in [6.45, 7) is 7.84. The van der Waals surface area contributed by atoms with E-state index in [-0.39, 0.29) is 11.4 Å². The molecule has 0 saturated carbocycles. The fraction of sp³-hybridized carbons (Fsp3) is 0.200. The smallest absolute Gasteiger partial charge is 0.271 e. The van der Waals surface area contributed by atoms with Crippen molar-refractivity contribution in [2.24, 2.45) is 0 Å². The van der Waals surface area contributed by atoms with Gasteiger partial charge in [-0.2, -0.15) is 4.31 Å². The molecule has 9 heteroatoms. The van der Waals surface area contributed by atoms with Crippen molar-refractivity contribution in [3.8, 4) is 5.69 Å². The van der Waals surface area contributed by atoms with Gasteiger partial charge in [-0.25, -0.2) is 8.42 Å². The predicted molar refractivity (Wildman–Crippen MR) is 151 cm³/mol. The average Bonchev–Trinajstić information content (AvgIpc) is 3.21. The van der Waals surface area contributed by atoms with Crippen LogP contribution in [0.5, 0.6) is 0 Å². The Hall–Kier alpha value is -4.21. The van der Waals surface area contributed by atoms with Crippen LogP contribution in [0.2, 0.25) is 0 Å². The number of amides is 2. The summed E-state index contributed by atoms with van der Waals surface area (Å²) in [6.07, 6.45) is 0. The quantitative estimate of drug-likeness (QED) is 0.332. The van der Waals surface area contributed by atoms with Crippen LogP contribution in [0.4, 0.5) is 0 Å². The summed E-state index contributed by atoms with van der Waals surface area (Å²) in [6, 6.07) is 23.0.